The van der Waals surface area contributed by atoms with Gasteiger partial charge in [0.05, 0.1) is 4.88 Å². The van der Waals surface area contributed by atoms with Crippen molar-refractivity contribution in [2.24, 2.45) is 0 Å². The Kier molecular flexibility index (Phi) is 6.64. The highest BCUT2D eigenvalue weighted by atomic mass is 35.5. The fourth-order valence-corrected chi connectivity index (χ4v) is 4.09. The summed E-state index contributed by atoms with van der Waals surface area (Å²) in [6.45, 7) is -0.106. The van der Waals surface area contributed by atoms with Crippen molar-refractivity contribution in [2.75, 3.05) is 11.9 Å². The standard InChI is InChI=1S/C20H15Cl2NO5S/c21-13-6-4-11(5-7-13)9-23-14-3-1-2-12(8-14)18-16(22)17(28-10-15(24)25)19(29-18)20(26)27/h1-8,23H,9-10H2,(H,24,25)(H,26,27). The van der Waals surface area contributed by atoms with Crippen LogP contribution in [0.2, 0.25) is 10.0 Å². The van der Waals surface area contributed by atoms with Gasteiger partial charge in [-0.2, -0.15) is 0 Å². The maximum absolute atomic E-state index is 11.5. The molecule has 3 rings (SSSR count). The average Bonchev–Trinajstić information content (AvgIpc) is 3.03. The van der Waals surface area contributed by atoms with E-state index >= 15 is 0 Å². The topological polar surface area (TPSA) is 95.9 Å². The van der Waals surface area contributed by atoms with Crippen molar-refractivity contribution in [3.8, 4) is 16.2 Å². The van der Waals surface area contributed by atoms with Crippen molar-refractivity contribution in [1.29, 1.82) is 0 Å². The summed E-state index contributed by atoms with van der Waals surface area (Å²) in [5, 5.41) is 22.2. The number of benzene rings is 2. The fraction of sp³-hybridized carbons (Fsp3) is 0.100. The van der Waals surface area contributed by atoms with Gasteiger partial charge >= 0.3 is 11.9 Å². The van der Waals surface area contributed by atoms with Crippen LogP contribution in [0.25, 0.3) is 10.4 Å². The summed E-state index contributed by atoms with van der Waals surface area (Å²) in [5.41, 5.74) is 2.55. The molecular formula is C20H15Cl2NO5S. The molecule has 2 aromatic carbocycles. The van der Waals surface area contributed by atoms with Gasteiger partial charge in [0.25, 0.3) is 0 Å². The number of aliphatic carboxylic acids is 1. The first-order valence-electron chi connectivity index (χ1n) is 8.34. The molecule has 9 heteroatoms. The molecule has 0 atom stereocenters. The zero-order valence-electron chi connectivity index (χ0n) is 14.8. The van der Waals surface area contributed by atoms with E-state index in [1.807, 2.05) is 42.5 Å². The minimum absolute atomic E-state index is 0.0727. The summed E-state index contributed by atoms with van der Waals surface area (Å²) in [6.07, 6.45) is 0. The van der Waals surface area contributed by atoms with Gasteiger partial charge in [-0.1, -0.05) is 47.5 Å². The molecule has 0 spiro atoms. The van der Waals surface area contributed by atoms with Gasteiger partial charge in [-0.05, 0) is 35.4 Å². The Balaban J connectivity index is 1.85. The van der Waals surface area contributed by atoms with Crippen LogP contribution in [-0.4, -0.2) is 28.8 Å². The molecule has 3 N–H and O–H groups in total. The predicted octanol–water partition coefficient (Wildman–Crippen LogP) is 5.50. The first-order chi connectivity index (χ1) is 13.8. The second-order valence-electron chi connectivity index (χ2n) is 5.95. The molecule has 29 heavy (non-hydrogen) atoms. The minimum Gasteiger partial charge on any atom is -0.479 e. The molecule has 1 aromatic heterocycles. The van der Waals surface area contributed by atoms with Crippen molar-refractivity contribution in [1.82, 2.24) is 0 Å². The van der Waals surface area contributed by atoms with Crippen molar-refractivity contribution >= 4 is 52.2 Å². The van der Waals surface area contributed by atoms with E-state index in [4.69, 9.17) is 33.0 Å². The molecule has 6 nitrogen and oxygen atoms in total. The van der Waals surface area contributed by atoms with Crippen LogP contribution in [0.1, 0.15) is 15.2 Å². The first-order valence-corrected chi connectivity index (χ1v) is 9.91. The third-order valence-electron chi connectivity index (χ3n) is 3.88. The lowest BCUT2D eigenvalue weighted by Crippen LogP contribution is -2.10. The van der Waals surface area contributed by atoms with Crippen LogP contribution in [0.4, 0.5) is 5.69 Å². The van der Waals surface area contributed by atoms with Crippen LogP contribution in [0.15, 0.2) is 48.5 Å². The molecule has 0 radical (unpaired) electrons. The number of halogens is 2. The van der Waals surface area contributed by atoms with Gasteiger partial charge in [-0.15, -0.1) is 11.3 Å². The maximum Gasteiger partial charge on any atom is 0.349 e. The third-order valence-corrected chi connectivity index (χ3v) is 5.81. The molecule has 0 amide bonds. The fourth-order valence-electron chi connectivity index (χ4n) is 2.56. The molecular weight excluding hydrogens is 437 g/mol. The summed E-state index contributed by atoms with van der Waals surface area (Å²) >= 11 is 13.2. The number of hydrogen-bond donors (Lipinski definition) is 3. The van der Waals surface area contributed by atoms with Crippen LogP contribution in [0.5, 0.6) is 5.75 Å². The zero-order chi connectivity index (χ0) is 21.0. The van der Waals surface area contributed by atoms with Crippen LogP contribution in [0.3, 0.4) is 0 Å². The quantitative estimate of drug-likeness (QED) is 0.418. The Hall–Kier alpha value is -2.74. The lowest BCUT2D eigenvalue weighted by atomic mass is 10.1. The maximum atomic E-state index is 11.5. The smallest absolute Gasteiger partial charge is 0.349 e. The molecule has 0 aliphatic carbocycles. The summed E-state index contributed by atoms with van der Waals surface area (Å²) < 4.78 is 5.11. The highest BCUT2D eigenvalue weighted by Crippen LogP contribution is 2.45. The molecule has 0 unspecified atom stereocenters. The van der Waals surface area contributed by atoms with Gasteiger partial charge in [-0.3, -0.25) is 0 Å². The first kappa shape index (κ1) is 21.0. The number of carboxylic acids is 2. The number of carboxylic acid groups (broad SMARTS) is 2. The second kappa shape index (κ2) is 9.17. The Labute approximate surface area is 180 Å². The third kappa shape index (κ3) is 5.20. The molecule has 1 heterocycles. The van der Waals surface area contributed by atoms with Crippen molar-refractivity contribution < 1.29 is 24.5 Å². The predicted molar refractivity (Wildman–Crippen MR) is 114 cm³/mol. The van der Waals surface area contributed by atoms with E-state index in [2.05, 4.69) is 5.32 Å². The number of carbonyl (C=O) groups is 2. The van der Waals surface area contributed by atoms with Gasteiger partial charge in [0.2, 0.25) is 0 Å². The van der Waals surface area contributed by atoms with Crippen molar-refractivity contribution in [2.45, 2.75) is 6.54 Å². The molecule has 0 aliphatic heterocycles. The monoisotopic (exact) mass is 451 g/mol. The van der Waals surface area contributed by atoms with E-state index in [0.29, 0.717) is 22.0 Å². The van der Waals surface area contributed by atoms with Crippen LogP contribution < -0.4 is 10.1 Å². The number of hydrogen-bond acceptors (Lipinski definition) is 5. The highest BCUT2D eigenvalue weighted by Gasteiger charge is 2.24. The summed E-state index contributed by atoms with van der Waals surface area (Å²) in [4.78, 5) is 22.6. The number of rotatable bonds is 8. The van der Waals surface area contributed by atoms with Crippen LogP contribution in [-0.2, 0) is 11.3 Å². The van der Waals surface area contributed by atoms with E-state index in [1.165, 1.54) is 0 Å². The number of ether oxygens (including phenoxy) is 1. The molecule has 0 fully saturated rings. The van der Waals surface area contributed by atoms with Gasteiger partial charge < -0.3 is 20.3 Å². The molecule has 0 bridgehead atoms. The lowest BCUT2D eigenvalue weighted by Gasteiger charge is -2.09. The molecule has 0 saturated heterocycles. The zero-order valence-corrected chi connectivity index (χ0v) is 17.1. The van der Waals surface area contributed by atoms with E-state index in [0.717, 1.165) is 22.6 Å². The molecule has 3 aromatic rings. The van der Waals surface area contributed by atoms with Gasteiger partial charge in [0, 0.05) is 17.3 Å². The summed E-state index contributed by atoms with van der Waals surface area (Å²) in [7, 11) is 0. The lowest BCUT2D eigenvalue weighted by molar-refractivity contribution is -0.139. The Bertz CT molecular complexity index is 1050. The molecule has 0 aliphatic rings. The van der Waals surface area contributed by atoms with Crippen LogP contribution >= 0.6 is 34.5 Å². The Morgan fingerprint density at radius 1 is 1.07 bits per heavy atom. The second-order valence-corrected chi connectivity index (χ2v) is 7.79. The molecule has 150 valence electrons. The van der Waals surface area contributed by atoms with Gasteiger partial charge in [0.15, 0.2) is 17.2 Å². The summed E-state index contributed by atoms with van der Waals surface area (Å²) in [6, 6.07) is 14.8. The largest absolute Gasteiger partial charge is 0.479 e. The summed E-state index contributed by atoms with van der Waals surface area (Å²) in [5.74, 6) is -2.60. The Morgan fingerprint density at radius 2 is 1.79 bits per heavy atom. The van der Waals surface area contributed by atoms with E-state index in [9.17, 15) is 14.7 Å². The van der Waals surface area contributed by atoms with E-state index in [1.54, 1.807) is 6.07 Å². The van der Waals surface area contributed by atoms with Gasteiger partial charge in [-0.25, -0.2) is 9.59 Å². The van der Waals surface area contributed by atoms with Crippen molar-refractivity contribution in [3.05, 3.63) is 69.0 Å². The average molecular weight is 452 g/mol. The number of aromatic carboxylic acids is 1. The number of anilines is 1. The SMILES string of the molecule is O=C(O)COc1c(C(=O)O)sc(-c2cccc(NCc3ccc(Cl)cc3)c2)c1Cl. The van der Waals surface area contributed by atoms with Crippen LogP contribution in [0, 0.1) is 0 Å². The number of nitrogens with one attached hydrogen (secondary N) is 1. The molecule has 0 saturated carbocycles. The van der Waals surface area contributed by atoms with E-state index < -0.39 is 18.5 Å². The number of thiophene rings is 1. The minimum atomic E-state index is -1.24. The normalized spacial score (nSPS) is 10.6. The Morgan fingerprint density at radius 3 is 2.45 bits per heavy atom. The van der Waals surface area contributed by atoms with E-state index in [-0.39, 0.29) is 15.6 Å². The van der Waals surface area contributed by atoms with Gasteiger partial charge in [0.1, 0.15) is 5.02 Å². The van der Waals surface area contributed by atoms with Crippen molar-refractivity contribution in [3.63, 3.8) is 0 Å². The highest BCUT2D eigenvalue weighted by molar-refractivity contribution is 7.18.